The second-order valence-electron chi connectivity index (χ2n) is 10.6. The molecule has 0 bridgehead atoms. The molecule has 4 N–H and O–H groups in total. The van der Waals surface area contributed by atoms with Crippen LogP contribution in [0.3, 0.4) is 0 Å². The van der Waals surface area contributed by atoms with Crippen LogP contribution in [-0.4, -0.2) is 28.3 Å². The van der Waals surface area contributed by atoms with Gasteiger partial charge >= 0.3 is 0 Å². The van der Waals surface area contributed by atoms with Crippen molar-refractivity contribution in [1.82, 2.24) is 15.3 Å². The molecule has 2 amide bonds. The van der Waals surface area contributed by atoms with E-state index in [1.54, 1.807) is 23.0 Å². The number of hydrogen-bond donors (Lipinski definition) is 3. The molecule has 5 rings (SSSR count). The molecular weight excluding hydrogens is 502 g/mol. The maximum atomic E-state index is 13.2. The van der Waals surface area contributed by atoms with Gasteiger partial charge in [0.05, 0.1) is 16.4 Å². The van der Waals surface area contributed by atoms with Crippen LogP contribution in [0.25, 0.3) is 10.2 Å². The van der Waals surface area contributed by atoms with Crippen LogP contribution in [0.2, 0.25) is 0 Å². The van der Waals surface area contributed by atoms with E-state index in [0.29, 0.717) is 22.2 Å². The highest BCUT2D eigenvalue weighted by Crippen LogP contribution is 2.38. The normalized spacial score (nSPS) is 16.3. The minimum atomic E-state index is -0.352. The highest BCUT2D eigenvalue weighted by Gasteiger charge is 2.30. The predicted molar refractivity (Wildman–Crippen MR) is 150 cm³/mol. The molecule has 0 saturated heterocycles. The minimum Gasteiger partial charge on any atom is -0.343 e. The van der Waals surface area contributed by atoms with Crippen molar-refractivity contribution in [3.05, 3.63) is 74.7 Å². The maximum absolute atomic E-state index is 13.2. The maximum Gasteiger partial charge on any atom is 0.275 e. The Kier molecular flexibility index (Phi) is 7.11. The Labute approximate surface area is 224 Å². The van der Waals surface area contributed by atoms with E-state index in [9.17, 15) is 9.59 Å². The van der Waals surface area contributed by atoms with Crippen LogP contribution in [-0.2, 0) is 12.8 Å². The second-order valence-corrected chi connectivity index (χ2v) is 12.4. The lowest BCUT2D eigenvalue weighted by atomic mass is 9.71. The quantitative estimate of drug-likeness (QED) is 0.299. The molecule has 0 saturated carbocycles. The fraction of sp³-hybridized carbons (Fsp3) is 0.357. The SMILES string of the molecule is CC(C)(C)[C@@H]1CCc2nc3sc(C(=O)N[C@H](CN)c4ccc(NC(=O)c5cscn5)cc4)cc3cc2C1. The summed E-state index contributed by atoms with van der Waals surface area (Å²) in [5, 5.41) is 8.61. The van der Waals surface area contributed by atoms with E-state index in [-0.39, 0.29) is 29.8 Å². The first-order chi connectivity index (χ1) is 17.7. The number of carbonyl (C=O) groups is 2. The van der Waals surface area contributed by atoms with Crippen molar-refractivity contribution in [3.8, 4) is 0 Å². The number of thiazole rings is 1. The van der Waals surface area contributed by atoms with Crippen molar-refractivity contribution < 1.29 is 9.59 Å². The summed E-state index contributed by atoms with van der Waals surface area (Å²) in [6, 6.07) is 11.1. The van der Waals surface area contributed by atoms with Gasteiger partial charge in [-0.2, -0.15) is 0 Å². The van der Waals surface area contributed by atoms with E-state index in [1.165, 1.54) is 33.9 Å². The van der Waals surface area contributed by atoms with E-state index in [4.69, 9.17) is 10.7 Å². The van der Waals surface area contributed by atoms with Crippen LogP contribution in [0.5, 0.6) is 0 Å². The number of rotatable bonds is 6. The lowest BCUT2D eigenvalue weighted by Crippen LogP contribution is -2.33. The number of carbonyl (C=O) groups excluding carboxylic acids is 2. The number of benzene rings is 1. The Balaban J connectivity index is 1.28. The van der Waals surface area contributed by atoms with Crippen LogP contribution in [0, 0.1) is 11.3 Å². The van der Waals surface area contributed by atoms with Crippen LogP contribution in [0.4, 0.5) is 5.69 Å². The van der Waals surface area contributed by atoms with E-state index >= 15 is 0 Å². The molecule has 0 unspecified atom stereocenters. The fourth-order valence-electron chi connectivity index (χ4n) is 4.80. The molecule has 1 aromatic carbocycles. The molecule has 4 aromatic rings. The predicted octanol–water partition coefficient (Wildman–Crippen LogP) is 5.59. The third kappa shape index (κ3) is 5.58. The van der Waals surface area contributed by atoms with Crippen LogP contribution >= 0.6 is 22.7 Å². The molecule has 0 radical (unpaired) electrons. The summed E-state index contributed by atoms with van der Waals surface area (Å²) < 4.78 is 0. The highest BCUT2D eigenvalue weighted by molar-refractivity contribution is 7.20. The number of aryl methyl sites for hydroxylation is 1. The lowest BCUT2D eigenvalue weighted by Gasteiger charge is -2.34. The number of pyridine rings is 1. The van der Waals surface area contributed by atoms with Gasteiger partial charge in [0.2, 0.25) is 0 Å². The number of nitrogens with zero attached hydrogens (tertiary/aromatic N) is 2. The molecule has 37 heavy (non-hydrogen) atoms. The molecule has 3 heterocycles. The molecule has 2 atom stereocenters. The Bertz CT molecular complexity index is 1420. The topological polar surface area (TPSA) is 110 Å². The van der Waals surface area contributed by atoms with Crippen LogP contribution in [0.15, 0.2) is 47.3 Å². The Morgan fingerprint density at radius 1 is 1.16 bits per heavy atom. The first kappa shape index (κ1) is 25.5. The molecular formula is C28H31N5O2S2. The molecule has 9 heteroatoms. The number of amides is 2. The molecule has 0 spiro atoms. The molecule has 3 aromatic heterocycles. The van der Waals surface area contributed by atoms with Crippen LogP contribution < -0.4 is 16.4 Å². The number of nitrogens with one attached hydrogen (secondary N) is 2. The first-order valence-electron chi connectivity index (χ1n) is 12.4. The number of anilines is 1. The van der Waals surface area contributed by atoms with Crippen molar-refractivity contribution in [1.29, 1.82) is 0 Å². The van der Waals surface area contributed by atoms with Gasteiger partial charge in [-0.3, -0.25) is 9.59 Å². The van der Waals surface area contributed by atoms with Gasteiger partial charge in [-0.1, -0.05) is 32.9 Å². The van der Waals surface area contributed by atoms with Gasteiger partial charge in [0.25, 0.3) is 11.8 Å². The van der Waals surface area contributed by atoms with Gasteiger partial charge in [-0.25, -0.2) is 9.97 Å². The molecule has 7 nitrogen and oxygen atoms in total. The van der Waals surface area contributed by atoms with Gasteiger partial charge in [0, 0.05) is 28.7 Å². The summed E-state index contributed by atoms with van der Waals surface area (Å²) in [6.45, 7) is 7.17. The summed E-state index contributed by atoms with van der Waals surface area (Å²) in [4.78, 5) is 35.9. The van der Waals surface area contributed by atoms with Crippen molar-refractivity contribution in [2.75, 3.05) is 11.9 Å². The average molecular weight is 534 g/mol. The Morgan fingerprint density at radius 2 is 1.95 bits per heavy atom. The zero-order valence-corrected chi connectivity index (χ0v) is 22.8. The molecule has 0 fully saturated rings. The van der Waals surface area contributed by atoms with Crippen molar-refractivity contribution in [2.24, 2.45) is 17.1 Å². The van der Waals surface area contributed by atoms with E-state index < -0.39 is 0 Å². The van der Waals surface area contributed by atoms with Crippen molar-refractivity contribution in [3.63, 3.8) is 0 Å². The number of nitrogens with two attached hydrogens (primary N) is 1. The summed E-state index contributed by atoms with van der Waals surface area (Å²) in [6.07, 6.45) is 3.18. The number of hydrogen-bond acceptors (Lipinski definition) is 7. The minimum absolute atomic E-state index is 0.162. The fourth-order valence-corrected chi connectivity index (χ4v) is 6.27. The summed E-state index contributed by atoms with van der Waals surface area (Å²) in [5.74, 6) is 0.217. The molecule has 1 aliphatic rings. The lowest BCUT2D eigenvalue weighted by molar-refractivity contribution is 0.0941. The van der Waals surface area contributed by atoms with Gasteiger partial charge in [-0.15, -0.1) is 22.7 Å². The highest BCUT2D eigenvalue weighted by atomic mass is 32.1. The van der Waals surface area contributed by atoms with E-state index in [2.05, 4.69) is 42.5 Å². The van der Waals surface area contributed by atoms with Gasteiger partial charge in [0.1, 0.15) is 10.5 Å². The van der Waals surface area contributed by atoms with Gasteiger partial charge < -0.3 is 16.4 Å². The number of fused-ring (bicyclic) bond motifs is 2. The average Bonchev–Trinajstić information content (AvgIpc) is 3.55. The zero-order valence-electron chi connectivity index (χ0n) is 21.2. The zero-order chi connectivity index (χ0) is 26.2. The third-order valence-electron chi connectivity index (χ3n) is 7.10. The largest absolute Gasteiger partial charge is 0.343 e. The molecule has 1 aliphatic carbocycles. The summed E-state index contributed by atoms with van der Waals surface area (Å²) in [5.41, 5.74) is 12.3. The number of thiophene rings is 1. The second kappa shape index (κ2) is 10.3. The van der Waals surface area contributed by atoms with E-state index in [1.807, 2.05) is 18.2 Å². The van der Waals surface area contributed by atoms with Crippen molar-refractivity contribution in [2.45, 2.75) is 46.1 Å². The first-order valence-corrected chi connectivity index (χ1v) is 14.2. The summed E-state index contributed by atoms with van der Waals surface area (Å²) >= 11 is 2.79. The van der Waals surface area contributed by atoms with Crippen LogP contribution in [0.1, 0.15) is 70.2 Å². The molecule has 0 aliphatic heterocycles. The summed E-state index contributed by atoms with van der Waals surface area (Å²) in [7, 11) is 0. The third-order valence-corrected chi connectivity index (χ3v) is 8.73. The Morgan fingerprint density at radius 3 is 2.62 bits per heavy atom. The van der Waals surface area contributed by atoms with E-state index in [0.717, 1.165) is 35.0 Å². The molecule has 192 valence electrons. The number of aromatic nitrogens is 2. The van der Waals surface area contributed by atoms with Crippen molar-refractivity contribution >= 4 is 50.4 Å². The standard InChI is InChI=1S/C28H31N5O2S2/c1-28(2,3)19-6-9-21-17(11-19)10-18-12-24(37-27(18)33-21)26(35)32-22(13-29)16-4-7-20(8-5-16)31-25(34)23-14-36-15-30-23/h4-5,7-8,10,12,14-15,19,22H,6,9,11,13,29H2,1-3H3,(H,31,34)(H,32,35)/t19-,22-/m1/s1. The van der Waals surface area contributed by atoms with Gasteiger partial charge in [-0.05, 0) is 66.0 Å². The monoisotopic (exact) mass is 533 g/mol. The smallest absolute Gasteiger partial charge is 0.275 e. The van der Waals surface area contributed by atoms with Gasteiger partial charge in [0.15, 0.2) is 0 Å². The Hall–Kier alpha value is -3.14.